The smallest absolute Gasteiger partial charge is 0.161 e. The number of fused-ring (bicyclic) bond motifs is 1. The van der Waals surface area contributed by atoms with Crippen molar-refractivity contribution < 1.29 is 9.47 Å². The van der Waals surface area contributed by atoms with Crippen LogP contribution in [-0.4, -0.2) is 38.8 Å². The Balaban J connectivity index is 2.42. The molecule has 0 aromatic heterocycles. The van der Waals surface area contributed by atoms with Crippen molar-refractivity contribution in [3.8, 4) is 11.5 Å². The van der Waals surface area contributed by atoms with Gasteiger partial charge < -0.3 is 20.1 Å². The zero-order chi connectivity index (χ0) is 14.0. The maximum Gasteiger partial charge on any atom is 0.161 e. The highest BCUT2D eigenvalue weighted by Gasteiger charge is 2.25. The van der Waals surface area contributed by atoms with Crippen LogP contribution < -0.4 is 15.2 Å². The number of benzene rings is 1. The molecule has 2 unspecified atom stereocenters. The van der Waals surface area contributed by atoms with Crippen molar-refractivity contribution in [3.63, 3.8) is 0 Å². The summed E-state index contributed by atoms with van der Waals surface area (Å²) in [5.41, 5.74) is 8.35. The molecule has 1 heterocycles. The van der Waals surface area contributed by atoms with Crippen LogP contribution in [0.1, 0.15) is 24.1 Å². The molecule has 0 saturated heterocycles. The third-order valence-corrected chi connectivity index (χ3v) is 3.72. The van der Waals surface area contributed by atoms with Gasteiger partial charge in [0.15, 0.2) is 11.5 Å². The summed E-state index contributed by atoms with van der Waals surface area (Å²) in [5.74, 6) is 2.09. The minimum Gasteiger partial charge on any atom is -0.486 e. The molecule has 0 spiro atoms. The van der Waals surface area contributed by atoms with Gasteiger partial charge in [0.05, 0.1) is 0 Å². The van der Waals surface area contributed by atoms with Crippen LogP contribution in [0.4, 0.5) is 0 Å². The van der Waals surface area contributed by atoms with Crippen molar-refractivity contribution in [2.75, 3.05) is 33.9 Å². The first-order valence-electron chi connectivity index (χ1n) is 6.81. The highest BCUT2D eigenvalue weighted by atomic mass is 16.6. The zero-order valence-corrected chi connectivity index (χ0v) is 12.3. The maximum atomic E-state index is 5.85. The maximum absolute atomic E-state index is 5.85. The van der Waals surface area contributed by atoms with E-state index in [0.29, 0.717) is 31.7 Å². The Morgan fingerprint density at radius 2 is 1.79 bits per heavy atom. The highest BCUT2D eigenvalue weighted by Crippen LogP contribution is 2.38. The molecule has 0 amide bonds. The lowest BCUT2D eigenvalue weighted by atomic mass is 9.90. The average Bonchev–Trinajstić information content (AvgIpc) is 2.39. The Bertz CT molecular complexity index is 446. The van der Waals surface area contributed by atoms with E-state index in [0.717, 1.165) is 11.5 Å². The van der Waals surface area contributed by atoms with Gasteiger partial charge in [-0.2, -0.15) is 0 Å². The second-order valence-electron chi connectivity index (χ2n) is 5.47. The van der Waals surface area contributed by atoms with Crippen molar-refractivity contribution >= 4 is 0 Å². The van der Waals surface area contributed by atoms with E-state index in [1.165, 1.54) is 11.1 Å². The van der Waals surface area contributed by atoms with Crippen molar-refractivity contribution in [2.24, 2.45) is 11.7 Å². The molecule has 0 bridgehead atoms. The van der Waals surface area contributed by atoms with Crippen LogP contribution in [-0.2, 0) is 0 Å². The minimum absolute atomic E-state index is 0.292. The molecular formula is C15H24N2O2. The number of hydrogen-bond donors (Lipinski definition) is 1. The number of hydrogen-bond acceptors (Lipinski definition) is 4. The van der Waals surface area contributed by atoms with E-state index >= 15 is 0 Å². The van der Waals surface area contributed by atoms with Gasteiger partial charge in [-0.3, -0.25) is 0 Å². The largest absolute Gasteiger partial charge is 0.486 e. The summed E-state index contributed by atoms with van der Waals surface area (Å²) in [6.07, 6.45) is 0. The van der Waals surface area contributed by atoms with Crippen molar-refractivity contribution in [3.05, 3.63) is 23.3 Å². The Morgan fingerprint density at radius 3 is 2.32 bits per heavy atom. The fourth-order valence-electron chi connectivity index (χ4n) is 2.75. The lowest BCUT2D eigenvalue weighted by molar-refractivity contribution is 0.169. The predicted molar refractivity (Wildman–Crippen MR) is 76.8 cm³/mol. The first-order chi connectivity index (χ1) is 9.04. The Morgan fingerprint density at radius 1 is 1.21 bits per heavy atom. The lowest BCUT2D eigenvalue weighted by Crippen LogP contribution is -2.31. The van der Waals surface area contributed by atoms with Gasteiger partial charge in [0, 0.05) is 6.04 Å². The fraction of sp³-hybridized carbons (Fsp3) is 0.600. The van der Waals surface area contributed by atoms with Gasteiger partial charge in [0.25, 0.3) is 0 Å². The normalized spacial score (nSPS) is 17.4. The van der Waals surface area contributed by atoms with E-state index in [2.05, 4.69) is 45.0 Å². The van der Waals surface area contributed by atoms with Gasteiger partial charge >= 0.3 is 0 Å². The third kappa shape index (κ3) is 2.85. The summed E-state index contributed by atoms with van der Waals surface area (Å²) in [7, 11) is 4.18. The molecule has 0 saturated carbocycles. The van der Waals surface area contributed by atoms with Gasteiger partial charge in [0.2, 0.25) is 0 Å². The van der Waals surface area contributed by atoms with E-state index in [-0.39, 0.29) is 0 Å². The van der Waals surface area contributed by atoms with E-state index in [9.17, 15) is 0 Å². The molecule has 106 valence electrons. The molecule has 2 N–H and O–H groups in total. The van der Waals surface area contributed by atoms with Gasteiger partial charge in [0.1, 0.15) is 13.2 Å². The van der Waals surface area contributed by atoms with E-state index in [4.69, 9.17) is 15.2 Å². The van der Waals surface area contributed by atoms with Gasteiger partial charge in [-0.05, 0) is 56.7 Å². The molecule has 1 aromatic rings. The van der Waals surface area contributed by atoms with E-state index in [1.54, 1.807) is 0 Å². The number of rotatable bonds is 4. The monoisotopic (exact) mass is 264 g/mol. The highest BCUT2D eigenvalue weighted by molar-refractivity contribution is 5.48. The van der Waals surface area contributed by atoms with Crippen LogP contribution in [0.5, 0.6) is 11.5 Å². The molecule has 19 heavy (non-hydrogen) atoms. The van der Waals surface area contributed by atoms with Gasteiger partial charge in [-0.15, -0.1) is 0 Å². The standard InChI is InChI=1S/C15H24N2O2/c1-10-7-13-14(19-6-5-18-13)8-12(10)15(17(3)4)11(2)9-16/h7-8,11,15H,5-6,9,16H2,1-4H3. The molecule has 0 radical (unpaired) electrons. The summed E-state index contributed by atoms with van der Waals surface area (Å²) < 4.78 is 11.3. The number of aryl methyl sites for hydroxylation is 1. The second-order valence-corrected chi connectivity index (χ2v) is 5.47. The van der Waals surface area contributed by atoms with Crippen LogP contribution in [0.25, 0.3) is 0 Å². The Labute approximate surface area is 115 Å². The molecule has 1 aliphatic rings. The molecule has 2 atom stereocenters. The first-order valence-corrected chi connectivity index (χ1v) is 6.81. The van der Waals surface area contributed by atoms with E-state index in [1.807, 2.05) is 0 Å². The second kappa shape index (κ2) is 5.80. The predicted octanol–water partition coefficient (Wildman–Crippen LogP) is 1.96. The zero-order valence-electron chi connectivity index (χ0n) is 12.3. The van der Waals surface area contributed by atoms with E-state index < -0.39 is 0 Å². The van der Waals surface area contributed by atoms with Crippen molar-refractivity contribution in [1.29, 1.82) is 0 Å². The SMILES string of the molecule is Cc1cc2c(cc1C(C(C)CN)N(C)C)OCCO2. The molecular weight excluding hydrogens is 240 g/mol. The molecule has 1 aliphatic heterocycles. The minimum atomic E-state index is 0.292. The number of nitrogens with two attached hydrogens (primary N) is 1. The van der Waals surface area contributed by atoms with Crippen LogP contribution in [0.2, 0.25) is 0 Å². The molecule has 0 aliphatic carbocycles. The quantitative estimate of drug-likeness (QED) is 0.903. The van der Waals surface area contributed by atoms with Crippen LogP contribution >= 0.6 is 0 Å². The van der Waals surface area contributed by atoms with Crippen molar-refractivity contribution in [2.45, 2.75) is 19.9 Å². The molecule has 4 heteroatoms. The Hall–Kier alpha value is -1.26. The average molecular weight is 264 g/mol. The summed E-state index contributed by atoms with van der Waals surface area (Å²) in [6.45, 7) is 6.21. The number of nitrogens with zero attached hydrogens (tertiary/aromatic N) is 1. The molecule has 0 fully saturated rings. The van der Waals surface area contributed by atoms with Crippen LogP contribution in [0, 0.1) is 12.8 Å². The third-order valence-electron chi connectivity index (χ3n) is 3.72. The fourth-order valence-corrected chi connectivity index (χ4v) is 2.75. The van der Waals surface area contributed by atoms with Gasteiger partial charge in [-0.1, -0.05) is 6.92 Å². The van der Waals surface area contributed by atoms with Gasteiger partial charge in [-0.25, -0.2) is 0 Å². The number of ether oxygens (including phenoxy) is 2. The molecule has 1 aromatic carbocycles. The summed E-state index contributed by atoms with van der Waals surface area (Å²) in [6, 6.07) is 4.48. The topological polar surface area (TPSA) is 47.7 Å². The summed E-state index contributed by atoms with van der Waals surface area (Å²) in [5, 5.41) is 0. The summed E-state index contributed by atoms with van der Waals surface area (Å²) in [4.78, 5) is 2.22. The first kappa shape index (κ1) is 14.2. The van der Waals surface area contributed by atoms with Crippen LogP contribution in [0.15, 0.2) is 12.1 Å². The Kier molecular flexibility index (Phi) is 4.32. The van der Waals surface area contributed by atoms with Crippen LogP contribution in [0.3, 0.4) is 0 Å². The molecule has 4 nitrogen and oxygen atoms in total. The summed E-state index contributed by atoms with van der Waals surface area (Å²) >= 11 is 0. The molecule has 2 rings (SSSR count). The lowest BCUT2D eigenvalue weighted by Gasteiger charge is -2.32. The van der Waals surface area contributed by atoms with Crippen molar-refractivity contribution in [1.82, 2.24) is 4.90 Å².